The van der Waals surface area contributed by atoms with Crippen molar-refractivity contribution < 1.29 is 18.7 Å². The molecule has 32 heavy (non-hydrogen) atoms. The summed E-state index contributed by atoms with van der Waals surface area (Å²) in [7, 11) is 0. The molecule has 0 bridgehead atoms. The van der Waals surface area contributed by atoms with Crippen LogP contribution in [0.25, 0.3) is 5.52 Å². The van der Waals surface area contributed by atoms with Gasteiger partial charge in [-0.05, 0) is 71.4 Å². The van der Waals surface area contributed by atoms with Crippen molar-refractivity contribution in [2.75, 3.05) is 13.1 Å². The van der Waals surface area contributed by atoms with Gasteiger partial charge in [0.1, 0.15) is 22.8 Å². The standard InChI is InChI=1S/C24H31FN4O3/c1-23(2,3)32-22(31)28-11-14-15(12-28)17(14)20(30)27-24(4,5)21-26-18(13-8-9-13)19-16(25)7-6-10-29(19)21/h6-7,10,13-15,17H,8-9,11-12H2,1-5H3,(H,27,30)/t14-,15+,17+. The molecule has 1 aliphatic heterocycles. The van der Waals surface area contributed by atoms with E-state index in [0.29, 0.717) is 30.3 Å². The molecule has 0 unspecified atom stereocenters. The summed E-state index contributed by atoms with van der Waals surface area (Å²) in [5, 5.41) is 3.15. The van der Waals surface area contributed by atoms with Gasteiger partial charge in [-0.25, -0.2) is 14.2 Å². The number of fused-ring (bicyclic) bond motifs is 2. The van der Waals surface area contributed by atoms with Gasteiger partial charge in [0.25, 0.3) is 0 Å². The van der Waals surface area contributed by atoms with Crippen LogP contribution < -0.4 is 5.32 Å². The molecule has 2 aromatic heterocycles. The van der Waals surface area contributed by atoms with Gasteiger partial charge in [0, 0.05) is 31.1 Å². The third kappa shape index (κ3) is 3.63. The van der Waals surface area contributed by atoms with Crippen molar-refractivity contribution in [1.29, 1.82) is 0 Å². The second-order valence-electron chi connectivity index (χ2n) is 11.0. The van der Waals surface area contributed by atoms with E-state index in [1.165, 1.54) is 6.07 Å². The molecule has 2 aliphatic carbocycles. The number of imidazole rings is 1. The second kappa shape index (κ2) is 6.93. The molecule has 8 heteroatoms. The predicted octanol–water partition coefficient (Wildman–Crippen LogP) is 3.82. The van der Waals surface area contributed by atoms with E-state index in [1.807, 2.05) is 40.8 Å². The largest absolute Gasteiger partial charge is 0.444 e. The van der Waals surface area contributed by atoms with Gasteiger partial charge in [0.2, 0.25) is 5.91 Å². The third-order valence-electron chi connectivity index (χ3n) is 6.75. The van der Waals surface area contributed by atoms with Crippen LogP contribution in [-0.2, 0) is 15.1 Å². The van der Waals surface area contributed by atoms with Gasteiger partial charge in [-0.3, -0.25) is 9.20 Å². The van der Waals surface area contributed by atoms with E-state index < -0.39 is 11.1 Å². The smallest absolute Gasteiger partial charge is 0.410 e. The Hall–Kier alpha value is -2.64. The van der Waals surface area contributed by atoms with Crippen molar-refractivity contribution in [3.05, 3.63) is 35.7 Å². The van der Waals surface area contributed by atoms with Gasteiger partial charge in [-0.2, -0.15) is 0 Å². The molecule has 3 fully saturated rings. The van der Waals surface area contributed by atoms with E-state index in [-0.39, 0.29) is 35.6 Å². The minimum Gasteiger partial charge on any atom is -0.444 e. The highest BCUT2D eigenvalue weighted by Crippen LogP contribution is 2.52. The van der Waals surface area contributed by atoms with Gasteiger partial charge in [-0.15, -0.1) is 0 Å². The number of pyridine rings is 1. The average Bonchev–Trinajstić information content (AvgIpc) is 3.55. The van der Waals surface area contributed by atoms with Crippen molar-refractivity contribution in [2.24, 2.45) is 17.8 Å². The fourth-order valence-electron chi connectivity index (χ4n) is 5.05. The van der Waals surface area contributed by atoms with E-state index in [0.717, 1.165) is 18.5 Å². The third-order valence-corrected chi connectivity index (χ3v) is 6.75. The number of carbonyl (C=O) groups excluding carboxylic acids is 2. The number of hydrogen-bond acceptors (Lipinski definition) is 4. The van der Waals surface area contributed by atoms with E-state index in [4.69, 9.17) is 9.72 Å². The van der Waals surface area contributed by atoms with Gasteiger partial charge >= 0.3 is 6.09 Å². The van der Waals surface area contributed by atoms with E-state index >= 15 is 0 Å². The minimum atomic E-state index is -0.761. The molecule has 0 spiro atoms. The van der Waals surface area contributed by atoms with Crippen LogP contribution in [0.15, 0.2) is 18.3 Å². The number of halogens is 1. The maximum atomic E-state index is 14.6. The number of ether oxygens (including phenoxy) is 1. The fraction of sp³-hybridized carbons (Fsp3) is 0.625. The van der Waals surface area contributed by atoms with Crippen LogP contribution in [0.5, 0.6) is 0 Å². The zero-order chi connectivity index (χ0) is 23.0. The van der Waals surface area contributed by atoms with Crippen molar-refractivity contribution in [3.8, 4) is 0 Å². The Kier molecular flexibility index (Phi) is 4.59. The number of hydrogen-bond donors (Lipinski definition) is 1. The average molecular weight is 443 g/mol. The Labute approximate surface area is 187 Å². The Balaban J connectivity index is 1.28. The molecule has 172 valence electrons. The van der Waals surface area contributed by atoms with Crippen LogP contribution in [0, 0.1) is 23.6 Å². The lowest BCUT2D eigenvalue weighted by Gasteiger charge is -2.27. The summed E-state index contributed by atoms with van der Waals surface area (Å²) in [6.07, 6.45) is 3.53. The Morgan fingerprint density at radius 2 is 1.81 bits per heavy atom. The van der Waals surface area contributed by atoms with E-state index in [1.54, 1.807) is 15.4 Å². The first-order valence-corrected chi connectivity index (χ1v) is 11.4. The Morgan fingerprint density at radius 1 is 1.16 bits per heavy atom. The molecule has 7 nitrogen and oxygen atoms in total. The summed E-state index contributed by atoms with van der Waals surface area (Å²) in [4.78, 5) is 31.9. The molecule has 3 aliphatic rings. The number of rotatable bonds is 4. The molecule has 1 N–H and O–H groups in total. The Bertz CT molecular complexity index is 1090. The quantitative estimate of drug-likeness (QED) is 0.781. The van der Waals surface area contributed by atoms with Crippen molar-refractivity contribution >= 4 is 17.5 Å². The topological polar surface area (TPSA) is 75.9 Å². The molecular weight excluding hydrogens is 411 g/mol. The van der Waals surface area contributed by atoms with Crippen LogP contribution in [0.4, 0.5) is 9.18 Å². The van der Waals surface area contributed by atoms with Gasteiger partial charge in [0.05, 0.1) is 11.2 Å². The number of carbonyl (C=O) groups is 2. The highest BCUT2D eigenvalue weighted by atomic mass is 19.1. The molecule has 3 heterocycles. The number of piperidine rings is 1. The summed E-state index contributed by atoms with van der Waals surface area (Å²) in [6, 6.07) is 3.12. The van der Waals surface area contributed by atoms with Gasteiger partial charge in [0.15, 0.2) is 0 Å². The highest BCUT2D eigenvalue weighted by Gasteiger charge is 2.61. The monoisotopic (exact) mass is 442 g/mol. The maximum Gasteiger partial charge on any atom is 0.410 e. The summed E-state index contributed by atoms with van der Waals surface area (Å²) in [5.41, 5.74) is 0.0133. The van der Waals surface area contributed by atoms with E-state index in [9.17, 15) is 14.0 Å². The fourth-order valence-corrected chi connectivity index (χ4v) is 5.05. The lowest BCUT2D eigenvalue weighted by molar-refractivity contribution is -0.125. The molecule has 2 saturated carbocycles. The molecule has 2 amide bonds. The zero-order valence-electron chi connectivity index (χ0n) is 19.3. The summed E-state index contributed by atoms with van der Waals surface area (Å²) < 4.78 is 21.8. The summed E-state index contributed by atoms with van der Waals surface area (Å²) >= 11 is 0. The van der Waals surface area contributed by atoms with Crippen LogP contribution in [-0.4, -0.2) is 45.0 Å². The molecule has 3 atom stereocenters. The second-order valence-corrected chi connectivity index (χ2v) is 11.0. The van der Waals surface area contributed by atoms with Crippen LogP contribution in [0.2, 0.25) is 0 Å². The number of likely N-dealkylation sites (tertiary alicyclic amines) is 1. The van der Waals surface area contributed by atoms with Crippen molar-refractivity contribution in [2.45, 2.75) is 64.5 Å². The molecule has 0 aromatic carbocycles. The lowest BCUT2D eigenvalue weighted by atomic mass is 10.0. The first-order chi connectivity index (χ1) is 15.0. The Morgan fingerprint density at radius 3 is 2.41 bits per heavy atom. The molecular formula is C24H31FN4O3. The van der Waals surface area contributed by atoms with Crippen molar-refractivity contribution in [1.82, 2.24) is 19.6 Å². The number of amides is 2. The highest BCUT2D eigenvalue weighted by molar-refractivity contribution is 5.84. The number of nitrogens with zero attached hydrogens (tertiary/aromatic N) is 3. The normalized spacial score (nSPS) is 25.1. The predicted molar refractivity (Wildman–Crippen MR) is 117 cm³/mol. The van der Waals surface area contributed by atoms with Gasteiger partial charge < -0.3 is 15.0 Å². The first-order valence-electron chi connectivity index (χ1n) is 11.4. The maximum absolute atomic E-state index is 14.6. The first kappa shape index (κ1) is 21.2. The van der Waals surface area contributed by atoms with Gasteiger partial charge in [-0.1, -0.05) is 0 Å². The van der Waals surface area contributed by atoms with E-state index in [2.05, 4.69) is 5.32 Å². The van der Waals surface area contributed by atoms with Crippen LogP contribution in [0.3, 0.4) is 0 Å². The zero-order valence-corrected chi connectivity index (χ0v) is 19.3. The van der Waals surface area contributed by atoms with Crippen molar-refractivity contribution in [3.63, 3.8) is 0 Å². The van der Waals surface area contributed by atoms with Crippen LogP contribution in [0.1, 0.15) is 64.9 Å². The number of aromatic nitrogens is 2. The SMILES string of the molecule is CC(C)(C)OC(=O)N1C[C@@H]2[C@H](C1)[C@H]2C(=O)NC(C)(C)c1nc(C2CC2)c2c(F)cccn12. The molecule has 0 radical (unpaired) electrons. The summed E-state index contributed by atoms with van der Waals surface area (Å²) in [5.74, 6) is 0.833. The molecule has 5 rings (SSSR count). The lowest BCUT2D eigenvalue weighted by Crippen LogP contribution is -2.45. The van der Waals surface area contributed by atoms with Crippen LogP contribution >= 0.6 is 0 Å². The minimum absolute atomic E-state index is 0.0324. The number of nitrogens with one attached hydrogen (secondary N) is 1. The molecule has 2 aromatic rings. The summed E-state index contributed by atoms with van der Waals surface area (Å²) in [6.45, 7) is 10.4. The molecule has 1 saturated heterocycles.